The normalized spacial score (nSPS) is 27.1. The molecule has 2 saturated carbocycles. The van der Waals surface area contributed by atoms with Crippen LogP contribution in [0.15, 0.2) is 18.2 Å². The van der Waals surface area contributed by atoms with Gasteiger partial charge in [-0.3, -0.25) is 25.2 Å². The first-order valence-corrected chi connectivity index (χ1v) is 9.41. The van der Waals surface area contributed by atoms with Gasteiger partial charge in [0.15, 0.2) is 6.10 Å². The Bertz CT molecular complexity index is 768. The Kier molecular flexibility index (Phi) is 5.60. The van der Waals surface area contributed by atoms with Gasteiger partial charge >= 0.3 is 5.97 Å². The summed E-state index contributed by atoms with van der Waals surface area (Å²) < 4.78 is 5.61. The van der Waals surface area contributed by atoms with E-state index in [0.29, 0.717) is 10.8 Å². The molecule has 2 amide bonds. The van der Waals surface area contributed by atoms with E-state index in [2.05, 4.69) is 10.9 Å². The topological polar surface area (TPSA) is 105 Å². The molecule has 2 aliphatic rings. The zero-order valence-electron chi connectivity index (χ0n) is 15.2. The van der Waals surface area contributed by atoms with E-state index in [0.717, 1.165) is 24.8 Å². The van der Waals surface area contributed by atoms with Crippen LogP contribution in [0.25, 0.3) is 0 Å². The third-order valence-corrected chi connectivity index (χ3v) is 5.86. The van der Waals surface area contributed by atoms with Crippen LogP contribution < -0.4 is 15.6 Å². The van der Waals surface area contributed by atoms with Gasteiger partial charge in [0.2, 0.25) is 5.91 Å². The molecule has 0 radical (unpaired) electrons. The number of hydrogen-bond acceptors (Lipinski definition) is 4. The van der Waals surface area contributed by atoms with Crippen molar-refractivity contribution in [1.29, 1.82) is 0 Å². The predicted molar refractivity (Wildman–Crippen MR) is 98.0 cm³/mol. The molecule has 146 valence electrons. The number of benzene rings is 1. The molecule has 5 atom stereocenters. The Morgan fingerprint density at radius 3 is 2.48 bits per heavy atom. The molecule has 8 heteroatoms. The van der Waals surface area contributed by atoms with E-state index in [1.54, 1.807) is 25.1 Å². The van der Waals surface area contributed by atoms with Gasteiger partial charge in [-0.25, -0.2) is 0 Å². The van der Waals surface area contributed by atoms with E-state index in [9.17, 15) is 19.5 Å². The summed E-state index contributed by atoms with van der Waals surface area (Å²) in [5.74, 6) is -2.55. The first-order valence-electron chi connectivity index (χ1n) is 9.03. The highest BCUT2D eigenvalue weighted by atomic mass is 35.5. The number of rotatable bonds is 5. The number of carboxylic acid groups (broad SMARTS) is 1. The maximum Gasteiger partial charge on any atom is 0.307 e. The van der Waals surface area contributed by atoms with E-state index in [1.165, 1.54) is 0 Å². The first-order chi connectivity index (χ1) is 12.8. The lowest BCUT2D eigenvalue weighted by molar-refractivity contribution is -0.150. The number of carbonyl (C=O) groups excluding carboxylic acids is 2. The van der Waals surface area contributed by atoms with Crippen molar-refractivity contribution in [2.75, 3.05) is 0 Å². The van der Waals surface area contributed by atoms with Crippen molar-refractivity contribution >= 4 is 29.4 Å². The SMILES string of the molecule is Cc1cc(Cl)ccc1O[C@@H](C)C(=O)NNC(=O)[C@H]1[C@@H]2CC[C@@H](C2)[C@@H]1C(=O)O. The molecule has 2 aliphatic carbocycles. The number of halogens is 1. The number of carboxylic acids is 1. The third kappa shape index (κ3) is 4.03. The van der Waals surface area contributed by atoms with Gasteiger partial charge in [0.1, 0.15) is 5.75 Å². The molecule has 1 aromatic rings. The molecule has 27 heavy (non-hydrogen) atoms. The minimum absolute atomic E-state index is 0.0501. The molecular formula is C19H23ClN2O5. The van der Waals surface area contributed by atoms with Crippen LogP contribution in [0.3, 0.4) is 0 Å². The fourth-order valence-electron chi connectivity index (χ4n) is 4.32. The van der Waals surface area contributed by atoms with Gasteiger partial charge in [-0.2, -0.15) is 0 Å². The summed E-state index contributed by atoms with van der Waals surface area (Å²) in [5, 5.41) is 10.0. The van der Waals surface area contributed by atoms with Crippen LogP contribution in [0.4, 0.5) is 0 Å². The van der Waals surface area contributed by atoms with Crippen molar-refractivity contribution in [3.8, 4) is 5.75 Å². The Labute approximate surface area is 162 Å². The zero-order valence-corrected chi connectivity index (χ0v) is 16.0. The molecule has 2 bridgehead atoms. The van der Waals surface area contributed by atoms with Crippen molar-refractivity contribution in [2.24, 2.45) is 23.7 Å². The van der Waals surface area contributed by atoms with Gasteiger partial charge in [-0.05, 0) is 68.7 Å². The average Bonchev–Trinajstić information content (AvgIpc) is 3.22. The minimum atomic E-state index is -0.941. The summed E-state index contributed by atoms with van der Waals surface area (Å²) in [6, 6.07) is 5.06. The molecule has 3 rings (SSSR count). The number of aryl methyl sites for hydroxylation is 1. The fraction of sp³-hybridized carbons (Fsp3) is 0.526. The maximum atomic E-state index is 12.5. The number of hydrazine groups is 1. The Balaban J connectivity index is 1.55. The van der Waals surface area contributed by atoms with Gasteiger partial charge in [0, 0.05) is 5.02 Å². The van der Waals surface area contributed by atoms with E-state index in [-0.39, 0.29) is 11.8 Å². The lowest BCUT2D eigenvalue weighted by Gasteiger charge is -2.27. The smallest absolute Gasteiger partial charge is 0.307 e. The van der Waals surface area contributed by atoms with Crippen LogP contribution in [-0.4, -0.2) is 29.0 Å². The molecular weight excluding hydrogens is 372 g/mol. The molecule has 0 saturated heterocycles. The van der Waals surface area contributed by atoms with Crippen molar-refractivity contribution in [3.05, 3.63) is 28.8 Å². The van der Waals surface area contributed by atoms with Crippen molar-refractivity contribution in [2.45, 2.75) is 39.2 Å². The quantitative estimate of drug-likeness (QED) is 0.665. The van der Waals surface area contributed by atoms with Crippen LogP contribution in [0.5, 0.6) is 5.75 Å². The first kappa shape index (κ1) is 19.5. The minimum Gasteiger partial charge on any atom is -0.481 e. The molecule has 0 unspecified atom stereocenters. The number of ether oxygens (including phenoxy) is 1. The number of fused-ring (bicyclic) bond motifs is 2. The van der Waals surface area contributed by atoms with E-state index in [1.807, 2.05) is 6.92 Å². The highest BCUT2D eigenvalue weighted by Gasteiger charge is 2.54. The zero-order chi connectivity index (χ0) is 19.7. The molecule has 0 heterocycles. The average molecular weight is 395 g/mol. The molecule has 2 fully saturated rings. The standard InChI is InChI=1S/C19H23ClN2O5/c1-9-7-13(20)5-6-14(9)27-10(2)17(23)21-22-18(24)15-11-3-4-12(8-11)16(15)19(25)26/h5-7,10-12,15-16H,3-4,8H2,1-2H3,(H,21,23)(H,22,24)(H,25,26)/t10-,11+,12-,15-,16-/m0/s1. The van der Waals surface area contributed by atoms with E-state index < -0.39 is 35.7 Å². The molecule has 3 N–H and O–H groups in total. The van der Waals surface area contributed by atoms with Crippen LogP contribution in [-0.2, 0) is 14.4 Å². The third-order valence-electron chi connectivity index (χ3n) is 5.62. The number of nitrogens with one attached hydrogen (secondary N) is 2. The Hall–Kier alpha value is -2.28. The number of carbonyl (C=O) groups is 3. The second-order valence-electron chi connectivity index (χ2n) is 7.37. The van der Waals surface area contributed by atoms with Crippen molar-refractivity contribution in [1.82, 2.24) is 10.9 Å². The molecule has 1 aromatic carbocycles. The van der Waals surface area contributed by atoms with Gasteiger partial charge in [0.25, 0.3) is 5.91 Å². The summed E-state index contributed by atoms with van der Waals surface area (Å²) in [5.41, 5.74) is 5.52. The number of hydrogen-bond donors (Lipinski definition) is 3. The number of amides is 2. The molecule has 0 aromatic heterocycles. The van der Waals surface area contributed by atoms with Gasteiger partial charge in [0.05, 0.1) is 11.8 Å². The van der Waals surface area contributed by atoms with Crippen molar-refractivity contribution < 1.29 is 24.2 Å². The highest BCUT2D eigenvalue weighted by molar-refractivity contribution is 6.30. The largest absolute Gasteiger partial charge is 0.481 e. The lowest BCUT2D eigenvalue weighted by atomic mass is 9.79. The van der Waals surface area contributed by atoms with Gasteiger partial charge < -0.3 is 9.84 Å². The molecule has 0 aliphatic heterocycles. The van der Waals surface area contributed by atoms with Crippen LogP contribution in [0.1, 0.15) is 31.7 Å². The highest BCUT2D eigenvalue weighted by Crippen LogP contribution is 2.52. The summed E-state index contributed by atoms with van der Waals surface area (Å²) in [7, 11) is 0. The fourth-order valence-corrected chi connectivity index (χ4v) is 4.55. The Morgan fingerprint density at radius 1 is 1.19 bits per heavy atom. The summed E-state index contributed by atoms with van der Waals surface area (Å²) in [4.78, 5) is 36.2. The van der Waals surface area contributed by atoms with Crippen LogP contribution >= 0.6 is 11.6 Å². The van der Waals surface area contributed by atoms with Crippen molar-refractivity contribution in [3.63, 3.8) is 0 Å². The van der Waals surface area contributed by atoms with Crippen LogP contribution in [0.2, 0.25) is 5.02 Å². The Morgan fingerprint density at radius 2 is 1.85 bits per heavy atom. The number of aliphatic carboxylic acids is 1. The maximum absolute atomic E-state index is 12.5. The van der Waals surface area contributed by atoms with E-state index >= 15 is 0 Å². The van der Waals surface area contributed by atoms with Crippen LogP contribution in [0, 0.1) is 30.6 Å². The monoisotopic (exact) mass is 394 g/mol. The molecule has 7 nitrogen and oxygen atoms in total. The summed E-state index contributed by atoms with van der Waals surface area (Å²) in [6.45, 7) is 3.38. The van der Waals surface area contributed by atoms with E-state index in [4.69, 9.17) is 16.3 Å². The molecule has 0 spiro atoms. The second kappa shape index (κ2) is 7.76. The lowest BCUT2D eigenvalue weighted by Crippen LogP contribution is -2.51. The summed E-state index contributed by atoms with van der Waals surface area (Å²) in [6.07, 6.45) is 1.62. The van der Waals surface area contributed by atoms with Gasteiger partial charge in [-0.1, -0.05) is 11.6 Å². The second-order valence-corrected chi connectivity index (χ2v) is 7.81. The summed E-state index contributed by atoms with van der Waals surface area (Å²) >= 11 is 5.90. The predicted octanol–water partition coefficient (Wildman–Crippen LogP) is 2.31. The van der Waals surface area contributed by atoms with Gasteiger partial charge in [-0.15, -0.1) is 0 Å².